The molecule has 5 nitrogen and oxygen atoms in total. The van der Waals surface area contributed by atoms with Crippen molar-refractivity contribution in [3.8, 4) is 0 Å². The molecule has 0 aliphatic rings. The Balaban J connectivity index is 1.99. The third-order valence-corrected chi connectivity index (χ3v) is 4.10. The number of ether oxygens (including phenoxy) is 1. The van der Waals surface area contributed by atoms with Gasteiger partial charge in [0.05, 0.1) is 0 Å². The Hall–Kier alpha value is -2.66. The molecule has 1 atom stereocenters. The minimum absolute atomic E-state index is 0.151. The van der Waals surface area contributed by atoms with E-state index in [1.807, 2.05) is 13.8 Å². The second kappa shape index (κ2) is 9.88. The highest BCUT2D eigenvalue weighted by Crippen LogP contribution is 2.12. The van der Waals surface area contributed by atoms with Gasteiger partial charge in [-0.1, -0.05) is 55.8 Å². The first kappa shape index (κ1) is 20.6. The number of carbonyl (C=O) groups is 3. The van der Waals surface area contributed by atoms with Gasteiger partial charge in [-0.25, -0.2) is 4.79 Å². The first-order chi connectivity index (χ1) is 12.9. The zero-order chi connectivity index (χ0) is 19.8. The van der Waals surface area contributed by atoms with E-state index in [0.717, 1.165) is 0 Å². The highest BCUT2D eigenvalue weighted by molar-refractivity contribution is 6.30. The van der Waals surface area contributed by atoms with E-state index < -0.39 is 17.9 Å². The second-order valence-electron chi connectivity index (χ2n) is 6.56. The van der Waals surface area contributed by atoms with Crippen LogP contribution in [0.25, 0.3) is 0 Å². The Morgan fingerprint density at radius 3 is 2.19 bits per heavy atom. The van der Waals surface area contributed by atoms with Gasteiger partial charge >= 0.3 is 5.97 Å². The van der Waals surface area contributed by atoms with E-state index in [-0.39, 0.29) is 18.3 Å². The molecule has 2 rings (SSSR count). The average molecular weight is 388 g/mol. The summed E-state index contributed by atoms with van der Waals surface area (Å²) in [4.78, 5) is 36.9. The maximum Gasteiger partial charge on any atom is 0.329 e. The van der Waals surface area contributed by atoms with Gasteiger partial charge in [0, 0.05) is 16.1 Å². The van der Waals surface area contributed by atoms with Gasteiger partial charge in [0.1, 0.15) is 6.04 Å². The largest absolute Gasteiger partial charge is 0.456 e. The monoisotopic (exact) mass is 387 g/mol. The zero-order valence-electron chi connectivity index (χ0n) is 15.3. The van der Waals surface area contributed by atoms with Crippen LogP contribution in [0, 0.1) is 5.92 Å². The fourth-order valence-corrected chi connectivity index (χ4v) is 2.60. The lowest BCUT2D eigenvalue weighted by molar-refractivity contribution is -0.145. The van der Waals surface area contributed by atoms with Crippen molar-refractivity contribution in [1.82, 2.24) is 5.32 Å². The molecule has 2 aromatic carbocycles. The number of esters is 1. The fraction of sp³-hybridized carbons (Fsp3) is 0.286. The van der Waals surface area contributed by atoms with Gasteiger partial charge < -0.3 is 10.1 Å². The van der Waals surface area contributed by atoms with Gasteiger partial charge in [0.15, 0.2) is 12.4 Å². The summed E-state index contributed by atoms with van der Waals surface area (Å²) in [5, 5.41) is 3.20. The molecule has 1 unspecified atom stereocenters. The molecule has 2 aromatic rings. The van der Waals surface area contributed by atoms with Crippen LogP contribution in [-0.2, 0) is 9.53 Å². The topological polar surface area (TPSA) is 72.5 Å². The maximum absolute atomic E-state index is 12.4. The molecule has 6 heteroatoms. The second-order valence-corrected chi connectivity index (χ2v) is 7.00. The van der Waals surface area contributed by atoms with Crippen LogP contribution in [-0.4, -0.2) is 30.3 Å². The Bertz CT molecular complexity index is 788. The van der Waals surface area contributed by atoms with Crippen molar-refractivity contribution < 1.29 is 19.1 Å². The number of hydrogen-bond donors (Lipinski definition) is 1. The Kier molecular flexibility index (Phi) is 7.55. The first-order valence-corrected chi connectivity index (χ1v) is 9.06. The van der Waals surface area contributed by atoms with E-state index in [4.69, 9.17) is 16.3 Å². The molecule has 0 aliphatic carbocycles. The van der Waals surface area contributed by atoms with E-state index >= 15 is 0 Å². The van der Waals surface area contributed by atoms with Crippen LogP contribution in [0.1, 0.15) is 41.0 Å². The van der Waals surface area contributed by atoms with E-state index in [0.29, 0.717) is 22.6 Å². The molecular weight excluding hydrogens is 366 g/mol. The maximum atomic E-state index is 12.4. The molecule has 0 bridgehead atoms. The molecule has 0 aromatic heterocycles. The molecule has 1 N–H and O–H groups in total. The Morgan fingerprint density at radius 1 is 0.963 bits per heavy atom. The van der Waals surface area contributed by atoms with Crippen LogP contribution in [0.5, 0.6) is 0 Å². The number of ketones is 1. The van der Waals surface area contributed by atoms with Crippen LogP contribution in [0.15, 0.2) is 54.6 Å². The minimum Gasteiger partial charge on any atom is -0.456 e. The number of benzene rings is 2. The average Bonchev–Trinajstić information content (AvgIpc) is 2.66. The van der Waals surface area contributed by atoms with Crippen LogP contribution in [0.2, 0.25) is 5.02 Å². The summed E-state index contributed by atoms with van der Waals surface area (Å²) in [5.74, 6) is -1.17. The van der Waals surface area contributed by atoms with Crippen molar-refractivity contribution in [2.75, 3.05) is 6.61 Å². The SMILES string of the molecule is CC(C)CC(NC(=O)c1ccc(Cl)cc1)C(=O)OCC(=O)c1ccccc1. The number of rotatable bonds is 8. The van der Waals surface area contributed by atoms with Gasteiger partial charge in [-0.15, -0.1) is 0 Å². The van der Waals surface area contributed by atoms with Crippen molar-refractivity contribution in [2.24, 2.45) is 5.92 Å². The van der Waals surface area contributed by atoms with Gasteiger partial charge in [0.25, 0.3) is 5.91 Å². The Labute approximate surface area is 163 Å². The summed E-state index contributed by atoms with van der Waals surface area (Å²) in [7, 11) is 0. The molecule has 0 spiro atoms. The number of Topliss-reactive ketones (excluding diaryl/α,β-unsaturated/α-hetero) is 1. The van der Waals surface area contributed by atoms with E-state index in [1.165, 1.54) is 0 Å². The summed E-state index contributed by atoms with van der Waals surface area (Å²) in [5.41, 5.74) is 0.859. The highest BCUT2D eigenvalue weighted by atomic mass is 35.5. The van der Waals surface area contributed by atoms with Gasteiger partial charge in [-0.3, -0.25) is 9.59 Å². The number of amides is 1. The smallest absolute Gasteiger partial charge is 0.329 e. The summed E-state index contributed by atoms with van der Waals surface area (Å²) >= 11 is 5.83. The molecule has 0 saturated heterocycles. The predicted molar refractivity (Wildman–Crippen MR) is 104 cm³/mol. The third-order valence-electron chi connectivity index (χ3n) is 3.84. The van der Waals surface area contributed by atoms with Gasteiger partial charge in [0.2, 0.25) is 0 Å². The van der Waals surface area contributed by atoms with Crippen molar-refractivity contribution in [3.05, 3.63) is 70.7 Å². The third kappa shape index (κ3) is 6.53. The number of halogens is 1. The normalized spacial score (nSPS) is 11.7. The number of carbonyl (C=O) groups excluding carboxylic acids is 3. The minimum atomic E-state index is -0.836. The van der Waals surface area contributed by atoms with Crippen molar-refractivity contribution in [3.63, 3.8) is 0 Å². The van der Waals surface area contributed by atoms with Gasteiger partial charge in [-0.05, 0) is 36.6 Å². The molecule has 0 fully saturated rings. The molecule has 0 radical (unpaired) electrons. The Morgan fingerprint density at radius 2 is 1.59 bits per heavy atom. The van der Waals surface area contributed by atoms with E-state index in [2.05, 4.69) is 5.32 Å². The van der Waals surface area contributed by atoms with Crippen LogP contribution < -0.4 is 5.32 Å². The van der Waals surface area contributed by atoms with Gasteiger partial charge in [-0.2, -0.15) is 0 Å². The molecule has 142 valence electrons. The molecule has 0 saturated carbocycles. The lowest BCUT2D eigenvalue weighted by atomic mass is 10.0. The van der Waals surface area contributed by atoms with Crippen LogP contribution >= 0.6 is 11.6 Å². The summed E-state index contributed by atoms with van der Waals surface area (Å²) in [6.07, 6.45) is 0.400. The van der Waals surface area contributed by atoms with E-state index in [9.17, 15) is 14.4 Å². The lowest BCUT2D eigenvalue weighted by Crippen LogP contribution is -2.43. The van der Waals surface area contributed by atoms with Crippen molar-refractivity contribution in [1.29, 1.82) is 0 Å². The molecule has 27 heavy (non-hydrogen) atoms. The predicted octanol–water partition coefficient (Wildman–Crippen LogP) is 3.91. The fourth-order valence-electron chi connectivity index (χ4n) is 2.47. The number of hydrogen-bond acceptors (Lipinski definition) is 4. The molecule has 0 heterocycles. The van der Waals surface area contributed by atoms with Crippen molar-refractivity contribution >= 4 is 29.3 Å². The summed E-state index contributed by atoms with van der Waals surface area (Å²) < 4.78 is 5.15. The zero-order valence-corrected chi connectivity index (χ0v) is 16.0. The van der Waals surface area contributed by atoms with Crippen LogP contribution in [0.3, 0.4) is 0 Å². The summed E-state index contributed by atoms with van der Waals surface area (Å²) in [6.45, 7) is 3.50. The van der Waals surface area contributed by atoms with E-state index in [1.54, 1.807) is 54.6 Å². The molecule has 1 amide bonds. The number of nitrogens with one attached hydrogen (secondary N) is 1. The standard InChI is InChI=1S/C21H22ClNO4/c1-14(2)12-18(23-20(25)16-8-10-17(22)11-9-16)21(26)27-13-19(24)15-6-4-3-5-7-15/h3-11,14,18H,12-13H2,1-2H3,(H,23,25). The summed E-state index contributed by atoms with van der Waals surface area (Å²) in [6, 6.07) is 14.1. The lowest BCUT2D eigenvalue weighted by Gasteiger charge is -2.19. The molecule has 0 aliphatic heterocycles. The van der Waals surface area contributed by atoms with Crippen molar-refractivity contribution in [2.45, 2.75) is 26.3 Å². The first-order valence-electron chi connectivity index (χ1n) is 8.68. The quantitative estimate of drug-likeness (QED) is 0.550. The van der Waals surface area contributed by atoms with Crippen LogP contribution in [0.4, 0.5) is 0 Å². The molecular formula is C21H22ClNO4. The highest BCUT2D eigenvalue weighted by Gasteiger charge is 2.24.